The third kappa shape index (κ3) is 4.73. The maximum atomic E-state index is 12.1. The molecule has 0 bridgehead atoms. The number of amides is 1. The van der Waals surface area contributed by atoms with Gasteiger partial charge >= 0.3 is 0 Å². The van der Waals surface area contributed by atoms with E-state index in [9.17, 15) is 9.90 Å². The summed E-state index contributed by atoms with van der Waals surface area (Å²) in [5, 5.41) is 18.1. The zero-order valence-electron chi connectivity index (χ0n) is 10.8. The fourth-order valence-corrected chi connectivity index (χ4v) is 1.78. The van der Waals surface area contributed by atoms with E-state index in [-0.39, 0.29) is 24.8 Å². The number of carbonyl (C=O) groups is 1. The Balaban J connectivity index is 2.64. The molecule has 0 aliphatic carbocycles. The highest BCUT2D eigenvalue weighted by molar-refractivity contribution is 5.82. The van der Waals surface area contributed by atoms with Gasteiger partial charge in [-0.3, -0.25) is 4.79 Å². The van der Waals surface area contributed by atoms with Crippen LogP contribution in [0.5, 0.6) is 5.75 Å². The third-order valence-electron chi connectivity index (χ3n) is 2.74. The molecule has 4 N–H and O–H groups in total. The maximum absolute atomic E-state index is 12.1. The molecule has 0 saturated heterocycles. The van der Waals surface area contributed by atoms with Crippen molar-refractivity contribution in [3.63, 3.8) is 0 Å². The number of aliphatic hydroxyl groups is 1. The Morgan fingerprint density at radius 3 is 2.58 bits per heavy atom. The Kier molecular flexibility index (Phi) is 6.05. The number of nitrogens with zero attached hydrogens (tertiary/aromatic N) is 1. The lowest BCUT2D eigenvalue weighted by molar-refractivity contribution is -0.132. The number of benzene rings is 1. The Labute approximate surface area is 113 Å². The van der Waals surface area contributed by atoms with E-state index in [0.717, 1.165) is 5.56 Å². The Bertz CT molecular complexity index is 417. The van der Waals surface area contributed by atoms with Gasteiger partial charge in [-0.15, -0.1) is 6.58 Å². The minimum atomic E-state index is -0.670. The average molecular weight is 264 g/mol. The second-order valence-electron chi connectivity index (χ2n) is 4.27. The quantitative estimate of drug-likeness (QED) is 0.617. The molecular weight excluding hydrogens is 244 g/mol. The van der Waals surface area contributed by atoms with E-state index in [1.807, 2.05) is 0 Å². The standard InChI is InChI=1S/C14H20N2O3/c1-2-7-16(8-9-17)14(19)13(15)10-11-3-5-12(18)6-4-11/h2-6,13,17-18H,1,7-10,15H2/t13-/m1/s1. The van der Waals surface area contributed by atoms with Gasteiger partial charge in [-0.1, -0.05) is 18.2 Å². The molecule has 0 spiro atoms. The number of hydrogen-bond donors (Lipinski definition) is 3. The monoisotopic (exact) mass is 264 g/mol. The van der Waals surface area contributed by atoms with Crippen LogP contribution in [-0.4, -0.2) is 46.8 Å². The van der Waals surface area contributed by atoms with Crippen molar-refractivity contribution in [3.8, 4) is 5.75 Å². The first-order valence-electron chi connectivity index (χ1n) is 6.12. The number of carbonyl (C=O) groups excluding carboxylic acids is 1. The molecule has 0 unspecified atom stereocenters. The van der Waals surface area contributed by atoms with Gasteiger partial charge in [0.25, 0.3) is 0 Å². The average Bonchev–Trinajstić information content (AvgIpc) is 2.40. The summed E-state index contributed by atoms with van der Waals surface area (Å²) in [6, 6.07) is 5.90. The van der Waals surface area contributed by atoms with Crippen molar-refractivity contribution in [2.75, 3.05) is 19.7 Å². The van der Waals surface area contributed by atoms with E-state index in [0.29, 0.717) is 13.0 Å². The fraction of sp³-hybridized carbons (Fsp3) is 0.357. The van der Waals surface area contributed by atoms with Crippen molar-refractivity contribution in [1.29, 1.82) is 0 Å². The van der Waals surface area contributed by atoms with Gasteiger partial charge in [0.1, 0.15) is 5.75 Å². The van der Waals surface area contributed by atoms with Crippen LogP contribution in [-0.2, 0) is 11.2 Å². The number of rotatable bonds is 7. The molecule has 0 aromatic heterocycles. The smallest absolute Gasteiger partial charge is 0.240 e. The topological polar surface area (TPSA) is 86.8 Å². The second kappa shape index (κ2) is 7.56. The van der Waals surface area contributed by atoms with Crippen molar-refractivity contribution < 1.29 is 15.0 Å². The summed E-state index contributed by atoms with van der Waals surface area (Å²) < 4.78 is 0. The summed E-state index contributed by atoms with van der Waals surface area (Å²) in [6.45, 7) is 4.08. The minimum Gasteiger partial charge on any atom is -0.508 e. The van der Waals surface area contributed by atoms with Crippen LogP contribution in [0.1, 0.15) is 5.56 Å². The highest BCUT2D eigenvalue weighted by Gasteiger charge is 2.20. The zero-order valence-corrected chi connectivity index (χ0v) is 10.8. The van der Waals surface area contributed by atoms with Gasteiger partial charge in [0.05, 0.1) is 12.6 Å². The first-order valence-corrected chi connectivity index (χ1v) is 6.12. The van der Waals surface area contributed by atoms with Crippen LogP contribution in [0.2, 0.25) is 0 Å². The van der Waals surface area contributed by atoms with E-state index < -0.39 is 6.04 Å². The van der Waals surface area contributed by atoms with Crippen LogP contribution < -0.4 is 5.73 Å². The first-order chi connectivity index (χ1) is 9.08. The maximum Gasteiger partial charge on any atom is 0.240 e. The first kappa shape index (κ1) is 15.2. The number of aliphatic hydroxyl groups excluding tert-OH is 1. The van der Waals surface area contributed by atoms with E-state index in [1.54, 1.807) is 30.3 Å². The van der Waals surface area contributed by atoms with Crippen molar-refractivity contribution in [1.82, 2.24) is 4.90 Å². The molecule has 0 aliphatic heterocycles. The predicted octanol–water partition coefficient (Wildman–Crippen LogP) is 0.269. The van der Waals surface area contributed by atoms with E-state index >= 15 is 0 Å². The van der Waals surface area contributed by atoms with Crippen LogP contribution in [0.4, 0.5) is 0 Å². The van der Waals surface area contributed by atoms with Gasteiger partial charge in [-0.05, 0) is 24.1 Å². The van der Waals surface area contributed by atoms with Crippen LogP contribution in [0.25, 0.3) is 0 Å². The normalized spacial score (nSPS) is 11.9. The van der Waals surface area contributed by atoms with Crippen LogP contribution >= 0.6 is 0 Å². The van der Waals surface area contributed by atoms with Gasteiger partial charge in [0.2, 0.25) is 5.91 Å². The third-order valence-corrected chi connectivity index (χ3v) is 2.74. The van der Waals surface area contributed by atoms with Crippen LogP contribution in [0.3, 0.4) is 0 Å². The van der Waals surface area contributed by atoms with Gasteiger partial charge in [0, 0.05) is 13.1 Å². The molecule has 0 fully saturated rings. The van der Waals surface area contributed by atoms with Gasteiger partial charge in [0.15, 0.2) is 0 Å². The summed E-state index contributed by atoms with van der Waals surface area (Å²) >= 11 is 0. The summed E-state index contributed by atoms with van der Waals surface area (Å²) in [6.07, 6.45) is 1.99. The molecule has 0 radical (unpaired) electrons. The lowest BCUT2D eigenvalue weighted by Gasteiger charge is -2.23. The summed E-state index contributed by atoms with van der Waals surface area (Å²) in [5.41, 5.74) is 6.76. The molecule has 1 rings (SSSR count). The fourth-order valence-electron chi connectivity index (χ4n) is 1.78. The number of phenols is 1. The lowest BCUT2D eigenvalue weighted by Crippen LogP contribution is -2.46. The van der Waals surface area contributed by atoms with Crippen LogP contribution in [0, 0.1) is 0 Å². The van der Waals surface area contributed by atoms with Gasteiger partial charge < -0.3 is 20.8 Å². The summed E-state index contributed by atoms with van der Waals surface area (Å²) in [4.78, 5) is 13.6. The molecule has 19 heavy (non-hydrogen) atoms. The highest BCUT2D eigenvalue weighted by Crippen LogP contribution is 2.11. The molecule has 1 amide bonds. The predicted molar refractivity (Wildman–Crippen MR) is 73.6 cm³/mol. The Morgan fingerprint density at radius 2 is 2.05 bits per heavy atom. The van der Waals surface area contributed by atoms with Crippen molar-refractivity contribution in [2.24, 2.45) is 5.73 Å². The van der Waals surface area contributed by atoms with Gasteiger partial charge in [-0.25, -0.2) is 0 Å². The number of phenolic OH excluding ortho intramolecular Hbond substituents is 1. The van der Waals surface area contributed by atoms with Crippen molar-refractivity contribution >= 4 is 5.91 Å². The highest BCUT2D eigenvalue weighted by atomic mass is 16.3. The largest absolute Gasteiger partial charge is 0.508 e. The number of nitrogens with two attached hydrogens (primary N) is 1. The lowest BCUT2D eigenvalue weighted by atomic mass is 10.1. The van der Waals surface area contributed by atoms with Crippen LogP contribution in [0.15, 0.2) is 36.9 Å². The molecule has 1 aromatic carbocycles. The molecule has 1 aromatic rings. The molecule has 0 aliphatic rings. The second-order valence-corrected chi connectivity index (χ2v) is 4.27. The molecule has 5 nitrogen and oxygen atoms in total. The molecule has 5 heteroatoms. The molecule has 1 atom stereocenters. The van der Waals surface area contributed by atoms with Gasteiger partial charge in [-0.2, -0.15) is 0 Å². The Morgan fingerprint density at radius 1 is 1.42 bits per heavy atom. The Hall–Kier alpha value is -1.85. The van der Waals surface area contributed by atoms with E-state index in [4.69, 9.17) is 10.8 Å². The molecule has 0 heterocycles. The SMILES string of the molecule is C=CCN(CCO)C(=O)[C@H](N)Cc1ccc(O)cc1. The molecule has 104 valence electrons. The summed E-state index contributed by atoms with van der Waals surface area (Å²) in [5.74, 6) is -0.0424. The molecular formula is C14H20N2O3. The molecule has 0 saturated carbocycles. The number of hydrogen-bond acceptors (Lipinski definition) is 4. The van der Waals surface area contributed by atoms with E-state index in [2.05, 4.69) is 6.58 Å². The van der Waals surface area contributed by atoms with Crippen molar-refractivity contribution in [3.05, 3.63) is 42.5 Å². The minimum absolute atomic E-state index is 0.106. The summed E-state index contributed by atoms with van der Waals surface area (Å²) in [7, 11) is 0. The zero-order chi connectivity index (χ0) is 14.3. The van der Waals surface area contributed by atoms with E-state index in [1.165, 1.54) is 4.90 Å². The van der Waals surface area contributed by atoms with Crippen molar-refractivity contribution in [2.45, 2.75) is 12.5 Å². The number of aromatic hydroxyl groups is 1.